The quantitative estimate of drug-likeness (QED) is 0.0466. The van der Waals surface area contributed by atoms with E-state index in [1.807, 2.05) is 0 Å². The van der Waals surface area contributed by atoms with Crippen molar-refractivity contribution in [2.45, 2.75) is 52.2 Å². The van der Waals surface area contributed by atoms with Crippen molar-refractivity contribution in [2.24, 2.45) is 23.3 Å². The zero-order valence-corrected chi connectivity index (χ0v) is 33.2. The van der Waals surface area contributed by atoms with Crippen LogP contribution in [-0.4, -0.2) is 154 Å². The smallest absolute Gasteiger partial charge is 0.312 e. The van der Waals surface area contributed by atoms with E-state index in [1.54, 1.807) is 38.1 Å². The van der Waals surface area contributed by atoms with Gasteiger partial charge in [-0.3, -0.25) is 14.4 Å². The van der Waals surface area contributed by atoms with Gasteiger partial charge in [0.05, 0.1) is 119 Å². The minimum absolute atomic E-state index is 0.0621. The van der Waals surface area contributed by atoms with Gasteiger partial charge in [-0.1, -0.05) is 26.0 Å². The second-order valence-electron chi connectivity index (χ2n) is 12.7. The van der Waals surface area contributed by atoms with Gasteiger partial charge in [0.25, 0.3) is 0 Å². The fourth-order valence-corrected chi connectivity index (χ4v) is 4.84. The molecule has 0 aliphatic rings. The molecule has 0 radical (unpaired) electrons. The third-order valence-electron chi connectivity index (χ3n) is 7.75. The molecule has 3 amide bonds. The lowest BCUT2D eigenvalue weighted by Crippen LogP contribution is -2.36. The number of nitrogens with one attached hydrogen (secondary N) is 2. The number of amides is 3. The summed E-state index contributed by atoms with van der Waals surface area (Å²) in [5, 5.41) is 14.5. The Morgan fingerprint density at radius 1 is 0.679 bits per heavy atom. The molecule has 2 atom stereocenters. The van der Waals surface area contributed by atoms with Crippen LogP contribution in [0.15, 0.2) is 24.3 Å². The second-order valence-corrected chi connectivity index (χ2v) is 12.7. The number of anilines is 1. The number of esters is 1. The van der Waals surface area contributed by atoms with Crippen LogP contribution < -0.4 is 22.1 Å². The number of benzene rings is 1. The van der Waals surface area contributed by atoms with E-state index in [2.05, 4.69) is 10.6 Å². The fraction of sp³-hybridized carbons (Fsp3) is 0.737. The van der Waals surface area contributed by atoms with Gasteiger partial charge in [0.2, 0.25) is 5.91 Å². The summed E-state index contributed by atoms with van der Waals surface area (Å²) in [5.74, 6) is -2.46. The summed E-state index contributed by atoms with van der Waals surface area (Å²) in [7, 11) is 0. The maximum Gasteiger partial charge on any atom is 0.312 e. The fourth-order valence-electron chi connectivity index (χ4n) is 4.84. The van der Waals surface area contributed by atoms with E-state index < -0.39 is 29.9 Å². The molecule has 0 aromatic heterocycles. The van der Waals surface area contributed by atoms with Crippen molar-refractivity contribution in [1.82, 2.24) is 5.32 Å². The lowest BCUT2D eigenvalue weighted by Gasteiger charge is -2.23. The zero-order chi connectivity index (χ0) is 41.1. The van der Waals surface area contributed by atoms with Crippen LogP contribution in [0.1, 0.15) is 45.1 Å². The van der Waals surface area contributed by atoms with E-state index in [1.165, 1.54) is 0 Å². The van der Waals surface area contributed by atoms with Crippen LogP contribution in [0.3, 0.4) is 0 Å². The Hall–Kier alpha value is -3.30. The molecule has 1 aromatic rings. The lowest BCUT2D eigenvalue weighted by atomic mass is 9.90. The van der Waals surface area contributed by atoms with Crippen molar-refractivity contribution in [3.63, 3.8) is 0 Å². The SMILES string of the molecule is CC(C)[C@H](OC(=O)CCOCCOCCOCCOCCOCCOCCOCCOCCN)C(=O)C[C@@H](CCCNC(N)=O)C(=O)Nc1ccc(CO)cc1. The number of rotatable bonds is 38. The van der Waals surface area contributed by atoms with Crippen LogP contribution in [-0.2, 0) is 63.6 Å². The first-order chi connectivity index (χ1) is 27.2. The number of aliphatic hydroxyl groups is 1. The van der Waals surface area contributed by atoms with E-state index in [4.69, 9.17) is 54.1 Å². The van der Waals surface area contributed by atoms with Gasteiger partial charge in [0, 0.05) is 31.1 Å². The molecule has 0 bridgehead atoms. The van der Waals surface area contributed by atoms with Gasteiger partial charge in [0.1, 0.15) is 0 Å². The molecule has 1 aromatic carbocycles. The maximum atomic E-state index is 13.3. The molecule has 0 unspecified atom stereocenters. The van der Waals surface area contributed by atoms with Crippen molar-refractivity contribution in [3.05, 3.63) is 29.8 Å². The van der Waals surface area contributed by atoms with Crippen LogP contribution in [0.2, 0.25) is 0 Å². The molecule has 56 heavy (non-hydrogen) atoms. The Bertz CT molecular complexity index is 1160. The average molecular weight is 803 g/mol. The Labute approximate surface area is 330 Å². The number of ether oxygens (including phenoxy) is 9. The number of nitrogens with two attached hydrogens (primary N) is 2. The van der Waals surface area contributed by atoms with Crippen LogP contribution in [0, 0.1) is 11.8 Å². The summed E-state index contributed by atoms with van der Waals surface area (Å²) >= 11 is 0. The predicted molar refractivity (Wildman–Crippen MR) is 206 cm³/mol. The highest BCUT2D eigenvalue weighted by Gasteiger charge is 2.31. The summed E-state index contributed by atoms with van der Waals surface area (Å²) < 4.78 is 48.9. The third kappa shape index (κ3) is 28.1. The number of Topliss-reactive ketones (excluding diaryl/α,β-unsaturated/α-hetero) is 1. The van der Waals surface area contributed by atoms with Gasteiger partial charge in [0.15, 0.2) is 11.9 Å². The highest BCUT2D eigenvalue weighted by molar-refractivity contribution is 5.96. The lowest BCUT2D eigenvalue weighted by molar-refractivity contribution is -0.159. The Morgan fingerprint density at radius 3 is 1.54 bits per heavy atom. The van der Waals surface area contributed by atoms with E-state index >= 15 is 0 Å². The highest BCUT2D eigenvalue weighted by atomic mass is 16.6. The van der Waals surface area contributed by atoms with E-state index in [-0.39, 0.29) is 57.3 Å². The molecular formula is C38H66N4O14. The number of urea groups is 1. The van der Waals surface area contributed by atoms with Gasteiger partial charge in [-0.15, -0.1) is 0 Å². The first kappa shape index (κ1) is 50.7. The summed E-state index contributed by atoms with van der Waals surface area (Å²) in [6.45, 7) is 10.8. The van der Waals surface area contributed by atoms with Crippen molar-refractivity contribution >= 4 is 29.4 Å². The summed E-state index contributed by atoms with van der Waals surface area (Å²) in [5.41, 5.74) is 11.7. The minimum atomic E-state index is -1.05. The molecule has 0 spiro atoms. The minimum Gasteiger partial charge on any atom is -0.454 e. The number of aliphatic hydroxyl groups excluding tert-OH is 1. The Balaban J connectivity index is 2.16. The van der Waals surface area contributed by atoms with Gasteiger partial charge >= 0.3 is 12.0 Å². The van der Waals surface area contributed by atoms with Crippen LogP contribution in [0.4, 0.5) is 10.5 Å². The normalized spacial score (nSPS) is 12.4. The molecule has 0 aliphatic carbocycles. The summed E-state index contributed by atoms with van der Waals surface area (Å²) in [6.07, 6.45) is -0.606. The van der Waals surface area contributed by atoms with Gasteiger partial charge in [-0.25, -0.2) is 4.79 Å². The van der Waals surface area contributed by atoms with Crippen LogP contribution in [0.25, 0.3) is 0 Å². The largest absolute Gasteiger partial charge is 0.454 e. The Kier molecular flexibility index (Phi) is 31.6. The zero-order valence-electron chi connectivity index (χ0n) is 33.2. The molecule has 18 heteroatoms. The monoisotopic (exact) mass is 802 g/mol. The standard InChI is InChI=1S/C38H66N4O14/c1-30(2)36(34(44)28-32(4-3-11-41-38(40)47)37(46)42-33-7-5-31(29-43)6-8-33)56-35(45)9-12-48-14-16-50-18-20-52-22-24-54-26-27-55-25-23-53-21-19-51-17-15-49-13-10-39/h5-8,30,32,36,43H,3-4,9-29,39H2,1-2H3,(H,42,46)(H3,40,41,47)/t32-,36+/m1/s1. The molecule has 0 heterocycles. The van der Waals surface area contributed by atoms with Crippen molar-refractivity contribution in [2.75, 3.05) is 124 Å². The number of hydrogen-bond acceptors (Lipinski definition) is 15. The molecule has 0 saturated heterocycles. The number of hydrogen-bond donors (Lipinski definition) is 5. The number of ketones is 1. The maximum absolute atomic E-state index is 13.3. The molecule has 0 aliphatic heterocycles. The van der Waals surface area contributed by atoms with Gasteiger partial charge < -0.3 is 69.8 Å². The first-order valence-corrected chi connectivity index (χ1v) is 19.3. The first-order valence-electron chi connectivity index (χ1n) is 19.3. The van der Waals surface area contributed by atoms with Crippen molar-refractivity contribution in [3.8, 4) is 0 Å². The molecular weight excluding hydrogens is 736 g/mol. The highest BCUT2D eigenvalue weighted by Crippen LogP contribution is 2.21. The molecule has 18 nitrogen and oxygen atoms in total. The van der Waals surface area contributed by atoms with Gasteiger partial charge in [-0.2, -0.15) is 0 Å². The predicted octanol–water partition coefficient (Wildman–Crippen LogP) is 1.19. The van der Waals surface area contributed by atoms with Crippen molar-refractivity contribution < 1.29 is 66.9 Å². The molecule has 0 fully saturated rings. The summed E-state index contributed by atoms with van der Waals surface area (Å²) in [4.78, 5) is 50.2. The number of carbonyl (C=O) groups excluding carboxylic acids is 4. The molecule has 7 N–H and O–H groups in total. The van der Waals surface area contributed by atoms with E-state index in [0.29, 0.717) is 117 Å². The topological polar surface area (TPSA) is 248 Å². The van der Waals surface area contributed by atoms with E-state index in [0.717, 1.165) is 0 Å². The molecule has 0 saturated carbocycles. The second kappa shape index (κ2) is 34.9. The molecule has 1 rings (SSSR count). The average Bonchev–Trinajstić information content (AvgIpc) is 3.18. The van der Waals surface area contributed by atoms with Crippen LogP contribution in [0.5, 0.6) is 0 Å². The third-order valence-corrected chi connectivity index (χ3v) is 7.75. The van der Waals surface area contributed by atoms with E-state index in [9.17, 15) is 24.3 Å². The number of primary amides is 1. The summed E-state index contributed by atoms with van der Waals surface area (Å²) in [6, 6.07) is 5.97. The van der Waals surface area contributed by atoms with Crippen molar-refractivity contribution in [1.29, 1.82) is 0 Å². The number of carbonyl (C=O) groups is 4. The Morgan fingerprint density at radius 2 is 1.12 bits per heavy atom. The van der Waals surface area contributed by atoms with Gasteiger partial charge in [-0.05, 0) is 36.5 Å². The molecule has 322 valence electrons. The van der Waals surface area contributed by atoms with Crippen LogP contribution >= 0.6 is 0 Å².